The number of carbonyl (C=O) groups excluding carboxylic acids is 2. The number of nitrogens with zero attached hydrogens (tertiary/aromatic N) is 2. The number of para-hydroxylation sites is 1. The van der Waals surface area contributed by atoms with E-state index in [2.05, 4.69) is 5.32 Å². The van der Waals surface area contributed by atoms with E-state index in [-0.39, 0.29) is 11.5 Å². The van der Waals surface area contributed by atoms with Crippen molar-refractivity contribution < 1.29 is 9.59 Å². The summed E-state index contributed by atoms with van der Waals surface area (Å²) in [7, 11) is 0. The number of aryl methyl sites for hydroxylation is 1. The molecule has 0 saturated carbocycles. The van der Waals surface area contributed by atoms with Gasteiger partial charge in [-0.1, -0.05) is 71.4 Å². The lowest BCUT2D eigenvalue weighted by atomic mass is 10.1. The number of anilines is 2. The van der Waals surface area contributed by atoms with Crippen LogP contribution in [0.4, 0.5) is 11.4 Å². The molecule has 3 aromatic rings. The Balaban J connectivity index is 1.70. The average molecular weight is 474 g/mol. The van der Waals surface area contributed by atoms with E-state index < -0.39 is 11.2 Å². The molecule has 33 heavy (non-hydrogen) atoms. The van der Waals surface area contributed by atoms with E-state index >= 15 is 0 Å². The van der Waals surface area contributed by atoms with Crippen LogP contribution in [0.25, 0.3) is 0 Å². The van der Waals surface area contributed by atoms with Crippen LogP contribution in [0.2, 0.25) is 5.02 Å². The molecule has 164 valence electrons. The number of thioether (sulfide) groups is 1. The van der Waals surface area contributed by atoms with Crippen LogP contribution in [-0.2, 0) is 16.0 Å². The molecule has 1 aliphatic rings. The fraction of sp³-hybridized carbons (Fsp3) is 0.115. The average Bonchev–Trinajstić information content (AvgIpc) is 3.13. The third-order valence-electron chi connectivity index (χ3n) is 5.16. The second-order valence-electron chi connectivity index (χ2n) is 7.56. The summed E-state index contributed by atoms with van der Waals surface area (Å²) in [6, 6.07) is 25.7. The van der Waals surface area contributed by atoms with Gasteiger partial charge in [0.25, 0.3) is 5.91 Å². The zero-order chi connectivity index (χ0) is 23.4. The summed E-state index contributed by atoms with van der Waals surface area (Å²) < 4.78 is 0. The van der Waals surface area contributed by atoms with Gasteiger partial charge >= 0.3 is 0 Å². The van der Waals surface area contributed by atoms with E-state index in [4.69, 9.17) is 11.6 Å². The molecule has 0 spiro atoms. The summed E-state index contributed by atoms with van der Waals surface area (Å²) >= 11 is 7.16. The SMILES string of the molecule is Cc1ccc(C[C@H]2S/C(=C(/C#N)C(=O)Nc3ccc(Cl)cc3)N(c3ccccc3)C2=O)cc1. The van der Waals surface area contributed by atoms with Gasteiger partial charge in [-0.2, -0.15) is 5.26 Å². The van der Waals surface area contributed by atoms with E-state index in [0.29, 0.717) is 27.8 Å². The highest BCUT2D eigenvalue weighted by Gasteiger charge is 2.40. The lowest BCUT2D eigenvalue weighted by Crippen LogP contribution is -2.30. The zero-order valence-electron chi connectivity index (χ0n) is 17.8. The molecule has 0 radical (unpaired) electrons. The molecule has 1 fully saturated rings. The van der Waals surface area contributed by atoms with Crippen LogP contribution in [0.5, 0.6) is 0 Å². The van der Waals surface area contributed by atoms with Crippen molar-refractivity contribution in [3.63, 3.8) is 0 Å². The van der Waals surface area contributed by atoms with Gasteiger partial charge in [-0.05, 0) is 55.3 Å². The van der Waals surface area contributed by atoms with Crippen molar-refractivity contribution in [2.45, 2.75) is 18.6 Å². The normalized spacial score (nSPS) is 16.9. The first-order valence-electron chi connectivity index (χ1n) is 10.3. The van der Waals surface area contributed by atoms with Crippen LogP contribution in [0.15, 0.2) is 89.5 Å². The summed E-state index contributed by atoms with van der Waals surface area (Å²) in [6.07, 6.45) is 0.494. The molecule has 1 saturated heterocycles. The summed E-state index contributed by atoms with van der Waals surface area (Å²) in [5, 5.41) is 13.0. The highest BCUT2D eigenvalue weighted by Crippen LogP contribution is 2.42. The summed E-state index contributed by atoms with van der Waals surface area (Å²) in [5.41, 5.74) is 3.17. The standard InChI is InChI=1S/C26H20ClN3O2S/c1-17-7-9-18(10-8-17)15-23-25(32)30(21-5-3-2-4-6-21)26(33-23)22(16-28)24(31)29-20-13-11-19(27)12-14-20/h2-14,23H,15H2,1H3,(H,29,31)/b26-22-/t23-/m1/s1. The Morgan fingerprint density at radius 1 is 1.06 bits per heavy atom. The molecule has 0 aliphatic carbocycles. The number of nitrogens with one attached hydrogen (secondary N) is 1. The number of hydrogen-bond donors (Lipinski definition) is 1. The van der Waals surface area contributed by atoms with Crippen molar-refractivity contribution in [2.75, 3.05) is 10.2 Å². The van der Waals surface area contributed by atoms with E-state index in [1.54, 1.807) is 36.4 Å². The third kappa shape index (κ3) is 5.11. The second kappa shape index (κ2) is 9.95. The van der Waals surface area contributed by atoms with Crippen molar-refractivity contribution >= 4 is 46.6 Å². The van der Waals surface area contributed by atoms with Gasteiger partial charge in [-0.3, -0.25) is 14.5 Å². The van der Waals surface area contributed by atoms with Gasteiger partial charge < -0.3 is 5.32 Å². The van der Waals surface area contributed by atoms with Crippen LogP contribution in [0, 0.1) is 18.3 Å². The minimum atomic E-state index is -0.577. The highest BCUT2D eigenvalue weighted by atomic mass is 35.5. The first kappa shape index (κ1) is 22.7. The Bertz CT molecular complexity index is 1250. The molecule has 0 unspecified atom stereocenters. The maximum Gasteiger partial charge on any atom is 0.269 e. The molecule has 1 N–H and O–H groups in total. The van der Waals surface area contributed by atoms with E-state index in [1.165, 1.54) is 16.7 Å². The molecule has 2 amide bonds. The minimum absolute atomic E-state index is 0.112. The third-order valence-corrected chi connectivity index (χ3v) is 6.68. The lowest BCUT2D eigenvalue weighted by molar-refractivity contribution is -0.117. The number of nitriles is 1. The molecular weight excluding hydrogens is 454 g/mol. The quantitative estimate of drug-likeness (QED) is 0.380. The number of hydrogen-bond acceptors (Lipinski definition) is 4. The van der Waals surface area contributed by atoms with Crippen LogP contribution in [0.3, 0.4) is 0 Å². The number of halogens is 1. The first-order valence-corrected chi connectivity index (χ1v) is 11.5. The lowest BCUT2D eigenvalue weighted by Gasteiger charge is -2.18. The summed E-state index contributed by atoms with van der Waals surface area (Å²) in [5.74, 6) is -0.735. The van der Waals surface area contributed by atoms with Crippen LogP contribution in [-0.4, -0.2) is 17.1 Å². The largest absolute Gasteiger partial charge is 0.321 e. The fourth-order valence-corrected chi connectivity index (χ4v) is 4.90. The van der Waals surface area contributed by atoms with Gasteiger partial charge in [-0.25, -0.2) is 0 Å². The zero-order valence-corrected chi connectivity index (χ0v) is 19.4. The van der Waals surface area contributed by atoms with Crippen molar-refractivity contribution in [1.82, 2.24) is 0 Å². The molecule has 1 aliphatic heterocycles. The molecule has 0 aromatic heterocycles. The topological polar surface area (TPSA) is 73.2 Å². The maximum absolute atomic E-state index is 13.4. The highest BCUT2D eigenvalue weighted by molar-refractivity contribution is 8.05. The number of carbonyl (C=O) groups is 2. The van der Waals surface area contributed by atoms with Gasteiger partial charge in [0.2, 0.25) is 5.91 Å². The maximum atomic E-state index is 13.4. The van der Waals surface area contributed by atoms with Gasteiger partial charge in [0.05, 0.1) is 5.25 Å². The predicted octanol–water partition coefficient (Wildman–Crippen LogP) is 5.71. The van der Waals surface area contributed by atoms with E-state index in [0.717, 1.165) is 11.1 Å². The molecular formula is C26H20ClN3O2S. The molecule has 1 atom stereocenters. The Labute approximate surface area is 201 Å². The van der Waals surface area contributed by atoms with Crippen LogP contribution >= 0.6 is 23.4 Å². The van der Waals surface area contributed by atoms with Crippen molar-refractivity contribution in [2.24, 2.45) is 0 Å². The first-order chi connectivity index (χ1) is 16.0. The number of rotatable bonds is 5. The Morgan fingerprint density at radius 2 is 1.73 bits per heavy atom. The Kier molecular flexibility index (Phi) is 6.83. The monoisotopic (exact) mass is 473 g/mol. The van der Waals surface area contributed by atoms with Gasteiger partial charge in [-0.15, -0.1) is 0 Å². The molecule has 0 bridgehead atoms. The molecule has 1 heterocycles. The second-order valence-corrected chi connectivity index (χ2v) is 9.19. The number of benzene rings is 3. The Morgan fingerprint density at radius 3 is 2.36 bits per heavy atom. The van der Waals surface area contributed by atoms with Crippen molar-refractivity contribution in [1.29, 1.82) is 5.26 Å². The molecule has 3 aromatic carbocycles. The van der Waals surface area contributed by atoms with E-state index in [1.807, 2.05) is 55.5 Å². The number of amides is 2. The summed E-state index contributed by atoms with van der Waals surface area (Å²) in [6.45, 7) is 2.01. The van der Waals surface area contributed by atoms with E-state index in [9.17, 15) is 14.9 Å². The minimum Gasteiger partial charge on any atom is -0.321 e. The molecule has 7 heteroatoms. The van der Waals surface area contributed by atoms with Crippen molar-refractivity contribution in [3.05, 3.63) is 106 Å². The molecule has 5 nitrogen and oxygen atoms in total. The summed E-state index contributed by atoms with van der Waals surface area (Å²) in [4.78, 5) is 27.9. The smallest absolute Gasteiger partial charge is 0.269 e. The van der Waals surface area contributed by atoms with Gasteiger partial charge in [0, 0.05) is 16.4 Å². The van der Waals surface area contributed by atoms with Crippen LogP contribution < -0.4 is 10.2 Å². The fourth-order valence-electron chi connectivity index (χ4n) is 3.46. The van der Waals surface area contributed by atoms with Crippen LogP contribution in [0.1, 0.15) is 11.1 Å². The van der Waals surface area contributed by atoms with Gasteiger partial charge in [0.15, 0.2) is 0 Å². The Hall–Kier alpha value is -3.53. The predicted molar refractivity (Wildman–Crippen MR) is 133 cm³/mol. The van der Waals surface area contributed by atoms with Gasteiger partial charge in [0.1, 0.15) is 16.7 Å². The molecule has 4 rings (SSSR count). The van der Waals surface area contributed by atoms with Crippen molar-refractivity contribution in [3.8, 4) is 6.07 Å².